The largest absolute Gasteiger partial charge is 0.495 e. The van der Waals surface area contributed by atoms with Crippen molar-refractivity contribution in [3.05, 3.63) is 59.4 Å². The molecule has 2 aromatic rings. The summed E-state index contributed by atoms with van der Waals surface area (Å²) in [6.07, 6.45) is 1.61. The van der Waals surface area contributed by atoms with Gasteiger partial charge in [0.15, 0.2) is 0 Å². The summed E-state index contributed by atoms with van der Waals surface area (Å²) >= 11 is 0. The van der Waals surface area contributed by atoms with Crippen LogP contribution in [0.3, 0.4) is 0 Å². The minimum atomic E-state index is -0.608. The molecule has 0 radical (unpaired) electrons. The van der Waals surface area contributed by atoms with Crippen molar-refractivity contribution in [2.45, 2.75) is 13.0 Å². The number of halogens is 2. The number of aromatic nitrogens is 1. The molecule has 0 aliphatic carbocycles. The number of nitrogens with one attached hydrogen (secondary N) is 1. The molecule has 1 heterocycles. The molecule has 1 aromatic heterocycles. The molecule has 1 N–H and O–H groups in total. The average molecular weight is 278 g/mol. The fraction of sp³-hybridized carbons (Fsp3) is 0.267. The van der Waals surface area contributed by atoms with Gasteiger partial charge in [0.1, 0.15) is 23.1 Å². The van der Waals surface area contributed by atoms with E-state index >= 15 is 0 Å². The molecule has 1 unspecified atom stereocenters. The maximum absolute atomic E-state index is 14.0. The van der Waals surface area contributed by atoms with Gasteiger partial charge in [0.25, 0.3) is 0 Å². The van der Waals surface area contributed by atoms with Crippen LogP contribution in [0.1, 0.15) is 24.2 Å². The van der Waals surface area contributed by atoms with Crippen molar-refractivity contribution < 1.29 is 13.5 Å². The van der Waals surface area contributed by atoms with Crippen LogP contribution in [0.2, 0.25) is 0 Å². The molecule has 0 aliphatic heterocycles. The summed E-state index contributed by atoms with van der Waals surface area (Å²) in [4.78, 5) is 4.26. The quantitative estimate of drug-likeness (QED) is 0.912. The third kappa shape index (κ3) is 2.93. The number of rotatable bonds is 5. The lowest BCUT2D eigenvalue weighted by Gasteiger charge is -2.20. The maximum atomic E-state index is 14.0. The third-order valence-corrected chi connectivity index (χ3v) is 2.97. The highest BCUT2D eigenvalue weighted by Gasteiger charge is 2.22. The molecule has 1 aromatic carbocycles. The Morgan fingerprint density at radius 2 is 2.10 bits per heavy atom. The molecular weight excluding hydrogens is 262 g/mol. The van der Waals surface area contributed by atoms with Crippen molar-refractivity contribution in [1.29, 1.82) is 0 Å². The first-order valence-corrected chi connectivity index (χ1v) is 6.34. The molecule has 0 saturated carbocycles. The Bertz CT molecular complexity index is 590. The number of hydrogen-bond acceptors (Lipinski definition) is 3. The average Bonchev–Trinajstić information content (AvgIpc) is 2.45. The zero-order chi connectivity index (χ0) is 14.5. The predicted molar refractivity (Wildman–Crippen MR) is 72.7 cm³/mol. The number of hydrogen-bond donors (Lipinski definition) is 1. The minimum Gasteiger partial charge on any atom is -0.495 e. The molecule has 3 nitrogen and oxygen atoms in total. The first-order chi connectivity index (χ1) is 9.67. The number of methoxy groups -OCH3 is 1. The lowest BCUT2D eigenvalue weighted by Crippen LogP contribution is -2.24. The Hall–Kier alpha value is -2.01. The molecule has 2 rings (SSSR count). The lowest BCUT2D eigenvalue weighted by atomic mass is 10.0. The Morgan fingerprint density at radius 3 is 2.75 bits per heavy atom. The van der Waals surface area contributed by atoms with Crippen molar-refractivity contribution >= 4 is 0 Å². The van der Waals surface area contributed by atoms with Crippen LogP contribution in [0.5, 0.6) is 5.75 Å². The number of benzene rings is 1. The van der Waals surface area contributed by atoms with Gasteiger partial charge in [0.05, 0.1) is 13.2 Å². The molecule has 0 bridgehead atoms. The molecule has 106 valence electrons. The van der Waals surface area contributed by atoms with E-state index in [0.29, 0.717) is 23.6 Å². The van der Waals surface area contributed by atoms with Gasteiger partial charge in [0.2, 0.25) is 0 Å². The van der Waals surface area contributed by atoms with E-state index in [2.05, 4.69) is 10.3 Å². The SMILES string of the molecule is CCNC(c1ccc(F)cc1F)c1ncccc1OC. The predicted octanol–water partition coefficient (Wildman–Crippen LogP) is 3.07. The van der Waals surface area contributed by atoms with Gasteiger partial charge >= 0.3 is 0 Å². The summed E-state index contributed by atoms with van der Waals surface area (Å²) in [7, 11) is 1.53. The highest BCUT2D eigenvalue weighted by Crippen LogP contribution is 2.29. The van der Waals surface area contributed by atoms with Crippen molar-refractivity contribution in [1.82, 2.24) is 10.3 Å². The Labute approximate surface area is 116 Å². The van der Waals surface area contributed by atoms with Gasteiger partial charge in [-0.05, 0) is 24.7 Å². The normalized spacial score (nSPS) is 12.2. The van der Waals surface area contributed by atoms with Crippen molar-refractivity contribution in [3.8, 4) is 5.75 Å². The van der Waals surface area contributed by atoms with Gasteiger partial charge < -0.3 is 10.1 Å². The molecule has 5 heteroatoms. The minimum absolute atomic E-state index is 0.338. The molecule has 20 heavy (non-hydrogen) atoms. The summed E-state index contributed by atoms with van der Waals surface area (Å²) in [6.45, 7) is 2.52. The van der Waals surface area contributed by atoms with Crippen molar-refractivity contribution in [2.24, 2.45) is 0 Å². The van der Waals surface area contributed by atoms with Crippen LogP contribution < -0.4 is 10.1 Å². The lowest BCUT2D eigenvalue weighted by molar-refractivity contribution is 0.399. The van der Waals surface area contributed by atoms with Crippen LogP contribution >= 0.6 is 0 Å². The van der Waals surface area contributed by atoms with Crippen molar-refractivity contribution in [2.75, 3.05) is 13.7 Å². The van der Waals surface area contributed by atoms with E-state index in [1.54, 1.807) is 18.3 Å². The van der Waals surface area contributed by atoms with Crippen LogP contribution in [0, 0.1) is 11.6 Å². The molecule has 0 fully saturated rings. The number of ether oxygens (including phenoxy) is 1. The molecule has 0 spiro atoms. The van der Waals surface area contributed by atoms with E-state index in [-0.39, 0.29) is 0 Å². The Balaban J connectivity index is 2.50. The van der Waals surface area contributed by atoms with Crippen LogP contribution in [-0.4, -0.2) is 18.6 Å². The standard InChI is InChI=1S/C15H16F2N2O/c1-3-18-14(11-7-6-10(16)9-12(11)17)15-13(20-2)5-4-8-19-15/h4-9,14,18H,3H2,1-2H3. The number of nitrogens with zero attached hydrogens (tertiary/aromatic N) is 1. The fourth-order valence-corrected chi connectivity index (χ4v) is 2.09. The van der Waals surface area contributed by atoms with Crippen LogP contribution in [0.25, 0.3) is 0 Å². The molecular formula is C15H16F2N2O. The van der Waals surface area contributed by atoms with E-state index < -0.39 is 17.7 Å². The molecule has 0 amide bonds. The highest BCUT2D eigenvalue weighted by molar-refractivity contribution is 5.37. The van der Waals surface area contributed by atoms with E-state index in [4.69, 9.17) is 4.74 Å². The van der Waals surface area contributed by atoms with E-state index in [0.717, 1.165) is 6.07 Å². The third-order valence-electron chi connectivity index (χ3n) is 2.97. The smallest absolute Gasteiger partial charge is 0.142 e. The van der Waals surface area contributed by atoms with Gasteiger partial charge in [0, 0.05) is 17.8 Å². The van der Waals surface area contributed by atoms with E-state index in [9.17, 15) is 8.78 Å². The second-order valence-electron chi connectivity index (χ2n) is 4.25. The van der Waals surface area contributed by atoms with E-state index in [1.807, 2.05) is 6.92 Å². The van der Waals surface area contributed by atoms with Gasteiger partial charge in [-0.2, -0.15) is 0 Å². The van der Waals surface area contributed by atoms with Gasteiger partial charge in [-0.3, -0.25) is 4.98 Å². The van der Waals surface area contributed by atoms with Gasteiger partial charge in [-0.1, -0.05) is 13.0 Å². The zero-order valence-electron chi connectivity index (χ0n) is 11.4. The molecule has 1 atom stereocenters. The second-order valence-corrected chi connectivity index (χ2v) is 4.25. The first kappa shape index (κ1) is 14.4. The Morgan fingerprint density at radius 1 is 1.30 bits per heavy atom. The zero-order valence-corrected chi connectivity index (χ0v) is 11.4. The summed E-state index contributed by atoms with van der Waals surface area (Å²) in [5.41, 5.74) is 0.910. The van der Waals surface area contributed by atoms with Gasteiger partial charge in [-0.15, -0.1) is 0 Å². The molecule has 0 aliphatic rings. The summed E-state index contributed by atoms with van der Waals surface area (Å²) in [5, 5.41) is 3.15. The fourth-order valence-electron chi connectivity index (χ4n) is 2.09. The Kier molecular flexibility index (Phi) is 4.63. The van der Waals surface area contributed by atoms with E-state index in [1.165, 1.54) is 19.2 Å². The molecule has 0 saturated heterocycles. The number of pyridine rings is 1. The first-order valence-electron chi connectivity index (χ1n) is 6.34. The van der Waals surface area contributed by atoms with Crippen LogP contribution in [0.4, 0.5) is 8.78 Å². The summed E-state index contributed by atoms with van der Waals surface area (Å²) in [5.74, 6) is -0.652. The summed E-state index contributed by atoms with van der Waals surface area (Å²) < 4.78 is 32.3. The maximum Gasteiger partial charge on any atom is 0.142 e. The topological polar surface area (TPSA) is 34.2 Å². The van der Waals surface area contributed by atoms with Crippen molar-refractivity contribution in [3.63, 3.8) is 0 Å². The monoisotopic (exact) mass is 278 g/mol. The summed E-state index contributed by atoms with van der Waals surface area (Å²) in [6, 6.07) is 6.54. The van der Waals surface area contributed by atoms with Crippen LogP contribution in [0.15, 0.2) is 36.5 Å². The second kappa shape index (κ2) is 6.43. The van der Waals surface area contributed by atoms with Crippen LogP contribution in [-0.2, 0) is 0 Å². The highest BCUT2D eigenvalue weighted by atomic mass is 19.1. The van der Waals surface area contributed by atoms with Gasteiger partial charge in [-0.25, -0.2) is 8.78 Å².